The zero-order valence-corrected chi connectivity index (χ0v) is 14.5. The lowest BCUT2D eigenvalue weighted by Gasteiger charge is -2.37. The fourth-order valence-corrected chi connectivity index (χ4v) is 3.55. The van der Waals surface area contributed by atoms with Crippen molar-refractivity contribution in [2.24, 2.45) is 22.4 Å². The topological polar surface area (TPSA) is 44.6 Å². The van der Waals surface area contributed by atoms with E-state index in [4.69, 9.17) is 11.6 Å². The van der Waals surface area contributed by atoms with Gasteiger partial charge in [0.25, 0.3) is 0 Å². The monoisotopic (exact) mass is 322 g/mol. The van der Waals surface area contributed by atoms with Crippen LogP contribution in [0.15, 0.2) is 29.4 Å². The number of amidine groups is 1. The average Bonchev–Trinajstić information content (AvgIpc) is 2.46. The molecule has 2 rings (SSSR count). The van der Waals surface area contributed by atoms with Gasteiger partial charge in [0.2, 0.25) is 0 Å². The van der Waals surface area contributed by atoms with Crippen molar-refractivity contribution in [3.63, 3.8) is 0 Å². The predicted molar refractivity (Wildman–Crippen MR) is 93.8 cm³/mol. The largest absolute Gasteiger partial charge is 0.409 e. The molecule has 0 atom stereocenters. The van der Waals surface area contributed by atoms with Crippen LogP contribution >= 0.6 is 11.6 Å². The van der Waals surface area contributed by atoms with Gasteiger partial charge in [-0.1, -0.05) is 43.6 Å². The Morgan fingerprint density at radius 2 is 1.95 bits per heavy atom. The molecule has 122 valence electrons. The zero-order chi connectivity index (χ0) is 16.2. The number of anilines is 1. The van der Waals surface area contributed by atoms with E-state index in [0.29, 0.717) is 22.2 Å². The quantitative estimate of drug-likeness (QED) is 0.320. The molecule has 1 aliphatic rings. The van der Waals surface area contributed by atoms with Gasteiger partial charge in [0.15, 0.2) is 0 Å². The molecule has 0 saturated heterocycles. The van der Waals surface area contributed by atoms with Gasteiger partial charge in [-0.05, 0) is 61.1 Å². The first-order valence-electron chi connectivity index (χ1n) is 8.12. The molecule has 2 N–H and O–H groups in total. The highest BCUT2D eigenvalue weighted by molar-refractivity contribution is 6.30. The first-order valence-corrected chi connectivity index (χ1v) is 8.50. The van der Waals surface area contributed by atoms with E-state index in [0.717, 1.165) is 18.0 Å². The molecule has 0 radical (unpaired) electrons. The van der Waals surface area contributed by atoms with E-state index in [2.05, 4.69) is 31.2 Å². The first kappa shape index (κ1) is 17.1. The lowest BCUT2D eigenvalue weighted by molar-refractivity contribution is 0.152. The van der Waals surface area contributed by atoms with Crippen molar-refractivity contribution >= 4 is 23.1 Å². The van der Waals surface area contributed by atoms with E-state index in [1.165, 1.54) is 25.7 Å². The van der Waals surface area contributed by atoms with Crippen molar-refractivity contribution in [1.29, 1.82) is 0 Å². The summed E-state index contributed by atoms with van der Waals surface area (Å²) < 4.78 is 0. The van der Waals surface area contributed by atoms with Crippen LogP contribution in [-0.2, 0) is 0 Å². The second-order valence-electron chi connectivity index (χ2n) is 7.47. The molecule has 1 saturated carbocycles. The minimum absolute atomic E-state index is 0.401. The Hall–Kier alpha value is -1.22. The van der Waals surface area contributed by atoms with Crippen molar-refractivity contribution in [1.82, 2.24) is 0 Å². The van der Waals surface area contributed by atoms with Crippen LogP contribution in [0, 0.1) is 17.3 Å². The Balaban J connectivity index is 1.87. The predicted octanol–water partition coefficient (Wildman–Crippen LogP) is 5.78. The molecule has 0 spiro atoms. The molecule has 0 bridgehead atoms. The van der Waals surface area contributed by atoms with Crippen LogP contribution in [-0.4, -0.2) is 11.0 Å². The summed E-state index contributed by atoms with van der Waals surface area (Å²) in [4.78, 5) is 0. The van der Waals surface area contributed by atoms with Crippen LogP contribution in [0.4, 0.5) is 5.69 Å². The number of hydrogen-bond donors (Lipinski definition) is 2. The molecule has 1 fully saturated rings. The molecule has 0 amide bonds. The summed E-state index contributed by atoms with van der Waals surface area (Å²) in [6.07, 6.45) is 5.74. The normalized spacial score (nSPS) is 23.4. The van der Waals surface area contributed by atoms with Gasteiger partial charge < -0.3 is 10.5 Å². The fourth-order valence-electron chi connectivity index (χ4n) is 3.36. The highest BCUT2D eigenvalue weighted by Crippen LogP contribution is 2.40. The van der Waals surface area contributed by atoms with Crippen LogP contribution in [0.1, 0.15) is 52.9 Å². The maximum Gasteiger partial charge on any atom is 0.146 e. The van der Waals surface area contributed by atoms with Gasteiger partial charge in [0.05, 0.1) is 0 Å². The van der Waals surface area contributed by atoms with E-state index >= 15 is 0 Å². The lowest BCUT2D eigenvalue weighted by atomic mass is 9.69. The van der Waals surface area contributed by atoms with Gasteiger partial charge in [-0.3, -0.25) is 0 Å². The Morgan fingerprint density at radius 1 is 1.27 bits per heavy atom. The van der Waals surface area contributed by atoms with Gasteiger partial charge in [-0.15, -0.1) is 0 Å². The van der Waals surface area contributed by atoms with Crippen molar-refractivity contribution in [2.75, 3.05) is 5.32 Å². The van der Waals surface area contributed by atoms with E-state index in [9.17, 15) is 5.21 Å². The molecule has 3 nitrogen and oxygen atoms in total. The van der Waals surface area contributed by atoms with Gasteiger partial charge >= 0.3 is 0 Å². The van der Waals surface area contributed by atoms with E-state index in [1.54, 1.807) is 0 Å². The van der Waals surface area contributed by atoms with Crippen molar-refractivity contribution in [2.45, 2.75) is 52.9 Å². The van der Waals surface area contributed by atoms with E-state index in [-0.39, 0.29) is 0 Å². The minimum atomic E-state index is 0.401. The molecule has 1 aromatic rings. The third kappa shape index (κ3) is 4.91. The molecule has 0 heterocycles. The number of oxime groups is 1. The highest BCUT2D eigenvalue weighted by Gasteiger charge is 2.30. The van der Waals surface area contributed by atoms with Gasteiger partial charge in [0, 0.05) is 17.1 Å². The summed E-state index contributed by atoms with van der Waals surface area (Å²) in [5.74, 6) is 2.02. The second kappa shape index (κ2) is 7.36. The Kier molecular flexibility index (Phi) is 5.74. The minimum Gasteiger partial charge on any atom is -0.409 e. The smallest absolute Gasteiger partial charge is 0.146 e. The molecule has 0 aliphatic heterocycles. The molecule has 4 heteroatoms. The first-order chi connectivity index (χ1) is 10.4. The van der Waals surface area contributed by atoms with Gasteiger partial charge in [0.1, 0.15) is 5.84 Å². The summed E-state index contributed by atoms with van der Waals surface area (Å²) in [6, 6.07) is 7.47. The van der Waals surface area contributed by atoms with E-state index in [1.807, 2.05) is 24.3 Å². The number of nitrogens with one attached hydrogen (secondary N) is 1. The molecule has 1 aromatic carbocycles. The maximum absolute atomic E-state index is 9.26. The second-order valence-corrected chi connectivity index (χ2v) is 7.91. The third-order valence-corrected chi connectivity index (χ3v) is 5.02. The number of halogens is 1. The lowest BCUT2D eigenvalue weighted by Crippen LogP contribution is -2.27. The van der Waals surface area contributed by atoms with Crippen LogP contribution in [0.5, 0.6) is 0 Å². The van der Waals surface area contributed by atoms with Crippen molar-refractivity contribution in [3.05, 3.63) is 29.3 Å². The molecular formula is C18H27ClN2O. The van der Waals surface area contributed by atoms with Crippen molar-refractivity contribution < 1.29 is 5.21 Å². The Morgan fingerprint density at radius 3 is 2.50 bits per heavy atom. The number of benzene rings is 1. The molecule has 22 heavy (non-hydrogen) atoms. The van der Waals surface area contributed by atoms with Crippen LogP contribution in [0.25, 0.3) is 0 Å². The van der Waals surface area contributed by atoms with Gasteiger partial charge in [-0.2, -0.15) is 0 Å². The Labute approximate surface area is 138 Å². The van der Waals surface area contributed by atoms with Crippen LogP contribution in [0.2, 0.25) is 5.02 Å². The summed E-state index contributed by atoms with van der Waals surface area (Å²) in [6.45, 7) is 7.00. The molecular weight excluding hydrogens is 296 g/mol. The van der Waals surface area contributed by atoms with Gasteiger partial charge in [-0.25, -0.2) is 0 Å². The molecule has 0 unspecified atom stereocenters. The molecule has 1 aliphatic carbocycles. The number of hydrogen-bond acceptors (Lipinski definition) is 2. The third-order valence-electron chi connectivity index (χ3n) is 4.79. The Bertz CT molecular complexity index is 514. The SMILES string of the molecule is CC(C)(C)[C@H]1CC[C@@H](C/C(=N/O)Nc2cccc(Cl)c2)CC1. The highest BCUT2D eigenvalue weighted by atomic mass is 35.5. The molecule has 0 aromatic heterocycles. The summed E-state index contributed by atoms with van der Waals surface area (Å²) >= 11 is 5.98. The summed E-state index contributed by atoms with van der Waals surface area (Å²) in [7, 11) is 0. The van der Waals surface area contributed by atoms with E-state index < -0.39 is 0 Å². The number of rotatable bonds is 3. The fraction of sp³-hybridized carbons (Fsp3) is 0.611. The summed E-state index contributed by atoms with van der Waals surface area (Å²) in [5.41, 5.74) is 1.27. The van der Waals surface area contributed by atoms with Crippen LogP contribution < -0.4 is 5.32 Å². The standard InChI is InChI=1S/C18H27ClN2O/c1-18(2,3)14-9-7-13(8-10-14)11-17(21-22)20-16-6-4-5-15(19)12-16/h4-6,12-14,22H,7-11H2,1-3H3,(H,20,21)/t13-,14+. The number of nitrogens with zero attached hydrogens (tertiary/aromatic N) is 1. The average molecular weight is 323 g/mol. The maximum atomic E-state index is 9.26. The summed E-state index contributed by atoms with van der Waals surface area (Å²) in [5, 5.41) is 16.5. The van der Waals surface area contributed by atoms with Crippen molar-refractivity contribution in [3.8, 4) is 0 Å². The van der Waals surface area contributed by atoms with Crippen LogP contribution in [0.3, 0.4) is 0 Å². The zero-order valence-electron chi connectivity index (χ0n) is 13.8.